The molecule has 2 aromatic heterocycles. The van der Waals surface area contributed by atoms with E-state index in [1.165, 1.54) is 0 Å². The lowest BCUT2D eigenvalue weighted by molar-refractivity contribution is -0.643. The van der Waals surface area contributed by atoms with Gasteiger partial charge in [0.15, 0.2) is 5.10 Å². The highest BCUT2D eigenvalue weighted by atomic mass is 16.7. The zero-order valence-corrected chi connectivity index (χ0v) is 8.64. The van der Waals surface area contributed by atoms with Crippen LogP contribution in [0.15, 0.2) is 5.22 Å². The Morgan fingerprint density at radius 2 is 1.89 bits per heavy atom. The van der Waals surface area contributed by atoms with Crippen LogP contribution in [-0.4, -0.2) is 39.6 Å². The van der Waals surface area contributed by atoms with Crippen LogP contribution in [-0.2, 0) is 0 Å². The zero-order valence-electron chi connectivity index (χ0n) is 8.64. The summed E-state index contributed by atoms with van der Waals surface area (Å²) >= 11 is 0. The Kier molecular flexibility index (Phi) is 2.55. The van der Waals surface area contributed by atoms with Crippen LogP contribution in [0.4, 0.5) is 17.6 Å². The molecule has 0 aliphatic carbocycles. The molecule has 0 amide bonds. The third kappa shape index (κ3) is 2.01. The van der Waals surface area contributed by atoms with Gasteiger partial charge in [0.2, 0.25) is 5.22 Å². The molecule has 2 rings (SSSR count). The van der Waals surface area contributed by atoms with E-state index in [9.17, 15) is 25.4 Å². The highest BCUT2D eigenvalue weighted by molar-refractivity contribution is 5.51. The third-order valence-corrected chi connectivity index (χ3v) is 1.77. The van der Waals surface area contributed by atoms with E-state index >= 15 is 0 Å². The predicted molar refractivity (Wildman–Crippen MR) is 52.4 cm³/mol. The van der Waals surface area contributed by atoms with Crippen molar-refractivity contribution in [3.8, 4) is 0 Å². The van der Waals surface area contributed by atoms with Crippen molar-refractivity contribution in [3.63, 3.8) is 0 Å². The highest BCUT2D eigenvalue weighted by Gasteiger charge is 2.29. The average molecular weight is 270 g/mol. The number of rotatable bonds is 3. The van der Waals surface area contributed by atoms with Gasteiger partial charge in [-0.25, -0.2) is 0 Å². The minimum atomic E-state index is -1.28. The second-order valence-electron chi connectivity index (χ2n) is 2.89. The summed E-state index contributed by atoms with van der Waals surface area (Å²) in [6.45, 7) is 0. The zero-order chi connectivity index (χ0) is 14.2. The lowest BCUT2D eigenvalue weighted by Crippen LogP contribution is -2.09. The maximum Gasteiger partial charge on any atom is 0.493 e. The Bertz CT molecular complexity index is 718. The minimum absolute atomic E-state index is 0.345. The first kappa shape index (κ1) is 12.0. The summed E-state index contributed by atoms with van der Waals surface area (Å²) in [6, 6.07) is 0. The Balaban J connectivity index is 2.63. The molecule has 0 aliphatic rings. The SMILES string of the molecule is Nc1c([N+]([O-])=N[N+](=O)[O-])nnc2nc([N+](=O)[O-])nn12. The molecule has 0 saturated heterocycles. The van der Waals surface area contributed by atoms with Gasteiger partial charge >= 0.3 is 17.5 Å². The molecule has 0 spiro atoms. The van der Waals surface area contributed by atoms with E-state index < -0.39 is 32.4 Å². The summed E-state index contributed by atoms with van der Waals surface area (Å²) in [5.41, 5.74) is 5.42. The Morgan fingerprint density at radius 1 is 1.21 bits per heavy atom. The first-order chi connectivity index (χ1) is 8.90. The van der Waals surface area contributed by atoms with Gasteiger partial charge in [-0.05, 0) is 14.8 Å². The maximum absolute atomic E-state index is 11.2. The molecule has 0 aromatic carbocycles. The molecular formula is C4H2N10O5. The van der Waals surface area contributed by atoms with E-state index in [2.05, 4.69) is 25.5 Å². The van der Waals surface area contributed by atoms with Crippen LogP contribution in [0.1, 0.15) is 0 Å². The molecule has 0 radical (unpaired) electrons. The van der Waals surface area contributed by atoms with Crippen molar-refractivity contribution in [2.24, 2.45) is 5.22 Å². The summed E-state index contributed by atoms with van der Waals surface area (Å²) in [7, 11) is 0. The number of nitro groups is 2. The molecule has 0 unspecified atom stereocenters. The number of anilines is 1. The minimum Gasteiger partial charge on any atom is -0.654 e. The van der Waals surface area contributed by atoms with Gasteiger partial charge in [-0.2, -0.15) is 0 Å². The topological polar surface area (TPSA) is 207 Å². The van der Waals surface area contributed by atoms with Crippen molar-refractivity contribution < 1.29 is 14.8 Å². The fourth-order valence-corrected chi connectivity index (χ4v) is 1.08. The van der Waals surface area contributed by atoms with E-state index in [0.29, 0.717) is 4.52 Å². The van der Waals surface area contributed by atoms with Crippen LogP contribution in [0.5, 0.6) is 0 Å². The Hall–Kier alpha value is -3.52. The third-order valence-electron chi connectivity index (χ3n) is 1.77. The number of hydrogen-bond donors (Lipinski definition) is 1. The number of nitrogens with two attached hydrogens (primary N) is 1. The van der Waals surface area contributed by atoms with Crippen molar-refractivity contribution in [3.05, 3.63) is 25.4 Å². The van der Waals surface area contributed by atoms with Crippen molar-refractivity contribution in [1.29, 1.82) is 0 Å². The van der Waals surface area contributed by atoms with Gasteiger partial charge in [0, 0.05) is 5.10 Å². The van der Waals surface area contributed by atoms with Crippen molar-refractivity contribution in [1.82, 2.24) is 24.8 Å². The van der Waals surface area contributed by atoms with Gasteiger partial charge in [0.25, 0.3) is 5.82 Å². The van der Waals surface area contributed by atoms with Gasteiger partial charge in [0.05, 0.1) is 5.10 Å². The van der Waals surface area contributed by atoms with Crippen molar-refractivity contribution in [2.45, 2.75) is 0 Å². The number of nitrogen functional groups attached to an aromatic ring is 1. The summed E-state index contributed by atoms with van der Waals surface area (Å²) in [4.78, 5) is 22.4. The number of fused-ring (bicyclic) bond motifs is 1. The van der Waals surface area contributed by atoms with Gasteiger partial charge in [-0.3, -0.25) is 0 Å². The van der Waals surface area contributed by atoms with Gasteiger partial charge in [-0.15, -0.1) is 0 Å². The summed E-state index contributed by atoms with van der Waals surface area (Å²) < 4.78 is 0.640. The van der Waals surface area contributed by atoms with E-state index in [4.69, 9.17) is 5.73 Å². The monoisotopic (exact) mass is 270 g/mol. The predicted octanol–water partition coefficient (Wildman–Crippen LogP) is -1.20. The molecule has 15 nitrogen and oxygen atoms in total. The lowest BCUT2D eigenvalue weighted by atomic mass is 10.6. The number of hydrogen-bond acceptors (Lipinski definition) is 10. The average Bonchev–Trinajstić information content (AvgIpc) is 2.73. The largest absolute Gasteiger partial charge is 0.654 e. The molecule has 2 aromatic rings. The molecule has 19 heavy (non-hydrogen) atoms. The molecule has 0 bridgehead atoms. The fourth-order valence-electron chi connectivity index (χ4n) is 1.08. The molecule has 0 fully saturated rings. The molecule has 2 N–H and O–H groups in total. The van der Waals surface area contributed by atoms with Gasteiger partial charge < -0.3 is 31.2 Å². The normalized spacial score (nSPS) is 11.7. The Morgan fingerprint density at radius 3 is 2.47 bits per heavy atom. The van der Waals surface area contributed by atoms with Crippen LogP contribution in [0.25, 0.3) is 5.78 Å². The first-order valence-corrected chi connectivity index (χ1v) is 4.26. The molecule has 2 heterocycles. The van der Waals surface area contributed by atoms with Crippen LogP contribution < -0.4 is 5.73 Å². The second kappa shape index (κ2) is 4.05. The quantitative estimate of drug-likeness (QED) is 0.304. The first-order valence-electron chi connectivity index (χ1n) is 4.26. The maximum atomic E-state index is 11.2. The van der Waals surface area contributed by atoms with Crippen LogP contribution in [0, 0.1) is 25.4 Å². The van der Waals surface area contributed by atoms with E-state index in [1.54, 1.807) is 0 Å². The molecule has 0 saturated carbocycles. The smallest absolute Gasteiger partial charge is 0.493 e. The Labute approximate surface area is 100 Å². The van der Waals surface area contributed by atoms with Crippen LogP contribution in [0.3, 0.4) is 0 Å². The number of aromatic nitrogens is 5. The molecule has 98 valence electrons. The highest BCUT2D eigenvalue weighted by Crippen LogP contribution is 2.18. The van der Waals surface area contributed by atoms with E-state index in [0.717, 1.165) is 0 Å². The molecular weight excluding hydrogens is 268 g/mol. The molecule has 0 aliphatic heterocycles. The fraction of sp³-hybridized carbons (Fsp3) is 0. The summed E-state index contributed by atoms with van der Waals surface area (Å²) in [5.74, 6) is -2.44. The molecule has 15 heteroatoms. The van der Waals surface area contributed by atoms with E-state index in [1.807, 2.05) is 0 Å². The van der Waals surface area contributed by atoms with Crippen LogP contribution >= 0.6 is 0 Å². The van der Waals surface area contributed by atoms with Gasteiger partial charge in [0.1, 0.15) is 5.03 Å². The number of nitrogens with zero attached hydrogens (tertiary/aromatic N) is 9. The van der Waals surface area contributed by atoms with Gasteiger partial charge in [-0.1, -0.05) is 4.52 Å². The molecule has 0 atom stereocenters. The summed E-state index contributed by atoms with van der Waals surface area (Å²) in [5, 5.41) is 42.6. The van der Waals surface area contributed by atoms with Crippen molar-refractivity contribution in [2.75, 3.05) is 5.73 Å². The second-order valence-corrected chi connectivity index (χ2v) is 2.89. The van der Waals surface area contributed by atoms with Crippen molar-refractivity contribution >= 4 is 23.4 Å². The standard InChI is InChI=1S/C4H2N10O5/c5-1-2(12(15)10-14(18)19)7-8-3-6-4(13(16)17)9-11(1)3/h5H2. The van der Waals surface area contributed by atoms with E-state index in [-0.39, 0.29) is 5.78 Å². The summed E-state index contributed by atoms with van der Waals surface area (Å²) in [6.07, 6.45) is 0. The lowest BCUT2D eigenvalue weighted by Gasteiger charge is -1.95. The van der Waals surface area contributed by atoms with Crippen LogP contribution in [0.2, 0.25) is 0 Å².